The van der Waals surface area contributed by atoms with Crippen LogP contribution in [0.4, 0.5) is 0 Å². The van der Waals surface area contributed by atoms with E-state index in [1.54, 1.807) is 13.3 Å². The quantitative estimate of drug-likeness (QED) is 0.344. The lowest BCUT2D eigenvalue weighted by Gasteiger charge is -2.51. The van der Waals surface area contributed by atoms with Gasteiger partial charge in [-0.1, -0.05) is 6.08 Å². The molecule has 1 aromatic carbocycles. The topological polar surface area (TPSA) is 87.2 Å². The number of carbonyl (C=O) groups is 2. The molecule has 4 fully saturated rings. The maximum absolute atomic E-state index is 14.2. The molecule has 1 aromatic heterocycles. The first-order valence-electron chi connectivity index (χ1n) is 14.0. The molecule has 0 aliphatic carbocycles. The Labute approximate surface area is 230 Å². The first-order valence-corrected chi connectivity index (χ1v) is 14.0. The van der Waals surface area contributed by atoms with Gasteiger partial charge in [0.15, 0.2) is 5.60 Å². The molecule has 6 atom stereocenters. The van der Waals surface area contributed by atoms with Gasteiger partial charge in [-0.2, -0.15) is 0 Å². The maximum atomic E-state index is 14.2. The Hall–Kier alpha value is -2.97. The molecular weight excluding hydrogens is 496 g/mol. The minimum absolute atomic E-state index is 0.0209. The molecule has 0 saturated carbocycles. The zero-order chi connectivity index (χ0) is 27.8. The number of esters is 2. The summed E-state index contributed by atoms with van der Waals surface area (Å²) in [6, 6.07) is 7.67. The Morgan fingerprint density at radius 3 is 2.74 bits per heavy atom. The molecule has 39 heavy (non-hydrogen) atoms. The van der Waals surface area contributed by atoms with Crippen LogP contribution in [-0.4, -0.2) is 66.4 Å². The molecule has 8 heteroatoms. The number of pyridine rings is 1. The number of aromatic nitrogens is 1. The van der Waals surface area contributed by atoms with Gasteiger partial charge in [0.05, 0.1) is 37.8 Å². The van der Waals surface area contributed by atoms with Crippen molar-refractivity contribution in [3.63, 3.8) is 0 Å². The fraction of sp³-hybridized carbons (Fsp3) is 0.581. The minimum atomic E-state index is -1.40. The van der Waals surface area contributed by atoms with Gasteiger partial charge in [-0.3, -0.25) is 14.7 Å². The molecule has 2 aromatic rings. The van der Waals surface area contributed by atoms with Crippen LogP contribution in [0.25, 0.3) is 10.9 Å². The largest absolute Gasteiger partial charge is 0.497 e. The van der Waals surface area contributed by atoms with Gasteiger partial charge in [-0.15, -0.1) is 6.58 Å². The lowest BCUT2D eigenvalue weighted by Crippen LogP contribution is -2.57. The summed E-state index contributed by atoms with van der Waals surface area (Å²) in [5.74, 6) is 0.610. The van der Waals surface area contributed by atoms with Crippen LogP contribution in [0.1, 0.15) is 64.0 Å². The number of rotatable bonds is 8. The molecule has 0 N–H and O–H groups in total. The van der Waals surface area contributed by atoms with Crippen LogP contribution in [0, 0.1) is 11.8 Å². The zero-order valence-corrected chi connectivity index (χ0v) is 23.5. The summed E-state index contributed by atoms with van der Waals surface area (Å²) in [4.78, 5) is 33.8. The third-order valence-corrected chi connectivity index (χ3v) is 8.89. The van der Waals surface area contributed by atoms with E-state index in [0.29, 0.717) is 24.0 Å². The molecule has 4 aliphatic rings. The van der Waals surface area contributed by atoms with Crippen molar-refractivity contribution < 1.29 is 28.5 Å². The average molecular weight is 537 g/mol. The van der Waals surface area contributed by atoms with Crippen LogP contribution in [0.2, 0.25) is 0 Å². The summed E-state index contributed by atoms with van der Waals surface area (Å²) in [6.45, 7) is 9.79. The second-order valence-electron chi connectivity index (χ2n) is 11.8. The molecule has 0 radical (unpaired) electrons. The molecule has 5 heterocycles. The Morgan fingerprint density at radius 1 is 1.26 bits per heavy atom. The van der Waals surface area contributed by atoms with Crippen LogP contribution in [0.5, 0.6) is 5.75 Å². The number of piperidine rings is 3. The van der Waals surface area contributed by atoms with E-state index in [1.807, 2.05) is 38.1 Å². The van der Waals surface area contributed by atoms with Gasteiger partial charge in [0.2, 0.25) is 0 Å². The van der Waals surface area contributed by atoms with Crippen molar-refractivity contribution in [1.82, 2.24) is 9.88 Å². The van der Waals surface area contributed by atoms with E-state index in [9.17, 15) is 9.59 Å². The van der Waals surface area contributed by atoms with Crippen molar-refractivity contribution in [2.45, 2.75) is 75.7 Å². The van der Waals surface area contributed by atoms with Gasteiger partial charge >= 0.3 is 11.9 Å². The Morgan fingerprint density at radius 2 is 2.08 bits per heavy atom. The van der Waals surface area contributed by atoms with E-state index >= 15 is 0 Å². The summed E-state index contributed by atoms with van der Waals surface area (Å²) < 4.78 is 23.5. The van der Waals surface area contributed by atoms with Crippen LogP contribution in [0.3, 0.4) is 0 Å². The minimum Gasteiger partial charge on any atom is -0.497 e. The van der Waals surface area contributed by atoms with Gasteiger partial charge in [0.25, 0.3) is 0 Å². The lowest BCUT2D eigenvalue weighted by molar-refractivity contribution is -0.219. The Bertz CT molecular complexity index is 1240. The predicted octanol–water partition coefficient (Wildman–Crippen LogP) is 5.01. The fourth-order valence-electron chi connectivity index (χ4n) is 6.86. The highest BCUT2D eigenvalue weighted by Gasteiger charge is 2.52. The van der Waals surface area contributed by atoms with Crippen molar-refractivity contribution in [3.8, 4) is 5.75 Å². The van der Waals surface area contributed by atoms with Crippen molar-refractivity contribution >= 4 is 22.8 Å². The van der Waals surface area contributed by atoms with E-state index in [1.165, 1.54) is 7.11 Å². The van der Waals surface area contributed by atoms with Crippen LogP contribution < -0.4 is 4.74 Å². The number of benzene rings is 1. The number of methoxy groups -OCH3 is 2. The summed E-state index contributed by atoms with van der Waals surface area (Å²) in [5.41, 5.74) is -0.292. The fourth-order valence-corrected chi connectivity index (χ4v) is 6.86. The SMILES string of the molecule is C=C[C@H]1C[N@]2CC[C@H]1C[C@H]2[C@H](OC(=O)C1(CC(=O)OC)CCCC(C)(C)O1)c1ccnc2ccc(OC)cc12. The molecule has 4 saturated heterocycles. The molecule has 2 bridgehead atoms. The summed E-state index contributed by atoms with van der Waals surface area (Å²) in [6.07, 6.45) is 6.99. The number of nitrogens with zero attached hydrogens (tertiary/aromatic N) is 2. The second kappa shape index (κ2) is 10.9. The lowest BCUT2D eigenvalue weighted by atomic mass is 9.73. The summed E-state index contributed by atoms with van der Waals surface area (Å²) >= 11 is 0. The molecule has 0 spiro atoms. The monoisotopic (exact) mass is 536 g/mol. The van der Waals surface area contributed by atoms with E-state index < -0.39 is 29.2 Å². The highest BCUT2D eigenvalue weighted by atomic mass is 16.6. The van der Waals surface area contributed by atoms with E-state index in [2.05, 4.69) is 22.5 Å². The van der Waals surface area contributed by atoms with Crippen molar-refractivity contribution in [1.29, 1.82) is 0 Å². The van der Waals surface area contributed by atoms with Crippen molar-refractivity contribution in [3.05, 3.63) is 48.7 Å². The number of fused-ring (bicyclic) bond motifs is 4. The standard InChI is InChI=1S/C31H40N2O6/c1-6-20-19-33-15-11-21(20)16-26(33)28(23-10-14-32-25-9-8-22(36-4)17-24(23)25)38-29(35)31(18-27(34)37-5)13-7-12-30(2,3)39-31/h6,8-10,14,17,20-21,26,28H,1,7,11-13,15-16,18-19H2,2-5H3/t20-,21-,26-,28+,31?/m0/s1. The van der Waals surface area contributed by atoms with Crippen LogP contribution in [-0.2, 0) is 23.8 Å². The normalized spacial score (nSPS) is 30.4. The molecule has 210 valence electrons. The average Bonchev–Trinajstić information content (AvgIpc) is 2.94. The highest BCUT2D eigenvalue weighted by molar-refractivity contribution is 5.87. The second-order valence-corrected chi connectivity index (χ2v) is 11.8. The highest BCUT2D eigenvalue weighted by Crippen LogP contribution is 2.46. The Kier molecular flexibility index (Phi) is 7.71. The molecule has 1 unspecified atom stereocenters. The molecule has 8 nitrogen and oxygen atoms in total. The molecule has 6 rings (SSSR count). The van der Waals surface area contributed by atoms with Crippen LogP contribution in [0.15, 0.2) is 43.1 Å². The van der Waals surface area contributed by atoms with E-state index in [-0.39, 0.29) is 12.5 Å². The summed E-state index contributed by atoms with van der Waals surface area (Å²) in [7, 11) is 2.96. The first kappa shape index (κ1) is 27.6. The van der Waals surface area contributed by atoms with Gasteiger partial charge in [-0.25, -0.2) is 4.79 Å². The third-order valence-electron chi connectivity index (χ3n) is 8.89. The Balaban J connectivity index is 1.57. The van der Waals surface area contributed by atoms with Gasteiger partial charge < -0.3 is 18.9 Å². The molecule has 0 amide bonds. The van der Waals surface area contributed by atoms with Crippen molar-refractivity contribution in [2.24, 2.45) is 11.8 Å². The van der Waals surface area contributed by atoms with Gasteiger partial charge in [0.1, 0.15) is 11.9 Å². The number of hydrogen-bond donors (Lipinski definition) is 0. The van der Waals surface area contributed by atoms with Crippen LogP contribution >= 0.6 is 0 Å². The predicted molar refractivity (Wildman–Crippen MR) is 147 cm³/mol. The summed E-state index contributed by atoms with van der Waals surface area (Å²) in [5, 5.41) is 0.879. The van der Waals surface area contributed by atoms with Gasteiger partial charge in [-0.05, 0) is 88.6 Å². The first-order chi connectivity index (χ1) is 18.7. The van der Waals surface area contributed by atoms with E-state index in [4.69, 9.17) is 18.9 Å². The maximum Gasteiger partial charge on any atom is 0.339 e. The van der Waals surface area contributed by atoms with E-state index in [0.717, 1.165) is 55.2 Å². The van der Waals surface area contributed by atoms with Gasteiger partial charge in [0, 0.05) is 23.7 Å². The molecule has 4 aliphatic heterocycles. The molecular formula is C31H40N2O6. The smallest absolute Gasteiger partial charge is 0.339 e. The zero-order valence-electron chi connectivity index (χ0n) is 23.5. The third kappa shape index (κ3) is 5.41. The number of carbonyl (C=O) groups excluding carboxylic acids is 2. The number of ether oxygens (including phenoxy) is 4. The van der Waals surface area contributed by atoms with Crippen molar-refractivity contribution in [2.75, 3.05) is 27.3 Å². The number of hydrogen-bond acceptors (Lipinski definition) is 8.